The summed E-state index contributed by atoms with van der Waals surface area (Å²) in [5.41, 5.74) is 8.91. The third-order valence-electron chi connectivity index (χ3n) is 2.78. The Balaban J connectivity index is 2.43. The Hall–Kier alpha value is -1.39. The minimum atomic E-state index is -0.155. The van der Waals surface area contributed by atoms with E-state index in [0.29, 0.717) is 6.54 Å². The molecule has 2 rings (SSSR count). The standard InChI is InChI=1S/C12H17N3O/c1-3-8-4-5-9-10(6-8)15-12(14-9)11(7-13)16-2/h4-6,11H,3,7,13H2,1-2H3,(H,14,15). The third kappa shape index (κ3) is 1.94. The molecule has 0 aliphatic heterocycles. The van der Waals surface area contributed by atoms with Crippen molar-refractivity contribution in [3.8, 4) is 0 Å². The van der Waals surface area contributed by atoms with Gasteiger partial charge in [-0.1, -0.05) is 13.0 Å². The summed E-state index contributed by atoms with van der Waals surface area (Å²) in [6.07, 6.45) is 0.868. The first-order chi connectivity index (χ1) is 7.78. The molecule has 86 valence electrons. The van der Waals surface area contributed by atoms with Gasteiger partial charge >= 0.3 is 0 Å². The highest BCUT2D eigenvalue weighted by Gasteiger charge is 2.13. The van der Waals surface area contributed by atoms with Crippen LogP contribution in [0.15, 0.2) is 18.2 Å². The minimum absolute atomic E-state index is 0.155. The Morgan fingerprint density at radius 3 is 2.94 bits per heavy atom. The number of aromatic nitrogens is 2. The number of methoxy groups -OCH3 is 1. The summed E-state index contributed by atoms with van der Waals surface area (Å²) in [7, 11) is 1.64. The van der Waals surface area contributed by atoms with Crippen molar-refractivity contribution in [3.63, 3.8) is 0 Å². The van der Waals surface area contributed by atoms with Gasteiger partial charge in [0.05, 0.1) is 11.0 Å². The van der Waals surface area contributed by atoms with E-state index >= 15 is 0 Å². The molecule has 4 heteroatoms. The topological polar surface area (TPSA) is 63.9 Å². The van der Waals surface area contributed by atoms with Gasteiger partial charge in [-0.15, -0.1) is 0 Å². The van der Waals surface area contributed by atoms with Crippen LogP contribution in [0.2, 0.25) is 0 Å². The second-order valence-corrected chi connectivity index (χ2v) is 3.79. The van der Waals surface area contributed by atoms with Crippen molar-refractivity contribution in [1.29, 1.82) is 0 Å². The van der Waals surface area contributed by atoms with E-state index in [1.165, 1.54) is 5.56 Å². The monoisotopic (exact) mass is 219 g/mol. The molecule has 0 bridgehead atoms. The number of aromatic amines is 1. The molecule has 4 nitrogen and oxygen atoms in total. The molecule has 16 heavy (non-hydrogen) atoms. The van der Waals surface area contributed by atoms with Crippen molar-refractivity contribution >= 4 is 11.0 Å². The van der Waals surface area contributed by atoms with Crippen molar-refractivity contribution < 1.29 is 4.74 Å². The van der Waals surface area contributed by atoms with Crippen molar-refractivity contribution in [2.24, 2.45) is 5.73 Å². The van der Waals surface area contributed by atoms with Gasteiger partial charge in [0, 0.05) is 13.7 Å². The lowest BCUT2D eigenvalue weighted by Gasteiger charge is -2.08. The van der Waals surface area contributed by atoms with Crippen molar-refractivity contribution in [2.75, 3.05) is 13.7 Å². The molecule has 0 saturated heterocycles. The molecule has 0 radical (unpaired) electrons. The molecule has 3 N–H and O–H groups in total. The van der Waals surface area contributed by atoms with Gasteiger partial charge in [-0.2, -0.15) is 0 Å². The van der Waals surface area contributed by atoms with Gasteiger partial charge in [-0.3, -0.25) is 0 Å². The van der Waals surface area contributed by atoms with Crippen LogP contribution in [0.3, 0.4) is 0 Å². The van der Waals surface area contributed by atoms with Crippen LogP contribution in [0.25, 0.3) is 11.0 Å². The zero-order valence-corrected chi connectivity index (χ0v) is 9.66. The summed E-state index contributed by atoms with van der Waals surface area (Å²) in [5, 5.41) is 0. The van der Waals surface area contributed by atoms with Crippen molar-refractivity contribution in [3.05, 3.63) is 29.6 Å². The minimum Gasteiger partial charge on any atom is -0.372 e. The number of aryl methyl sites for hydroxylation is 1. The highest BCUT2D eigenvalue weighted by atomic mass is 16.5. The van der Waals surface area contributed by atoms with E-state index in [-0.39, 0.29) is 6.10 Å². The van der Waals surface area contributed by atoms with Crippen molar-refractivity contribution in [2.45, 2.75) is 19.4 Å². The van der Waals surface area contributed by atoms with Crippen LogP contribution in [0.4, 0.5) is 0 Å². The summed E-state index contributed by atoms with van der Waals surface area (Å²) in [6.45, 7) is 2.56. The number of benzene rings is 1. The van der Waals surface area contributed by atoms with Crippen LogP contribution in [0.5, 0.6) is 0 Å². The maximum absolute atomic E-state index is 5.61. The molecule has 0 aliphatic carbocycles. The summed E-state index contributed by atoms with van der Waals surface area (Å²) >= 11 is 0. The first-order valence-electron chi connectivity index (χ1n) is 5.50. The number of ether oxygens (including phenoxy) is 1. The predicted molar refractivity (Wildman–Crippen MR) is 64.3 cm³/mol. The highest BCUT2D eigenvalue weighted by molar-refractivity contribution is 5.75. The third-order valence-corrected chi connectivity index (χ3v) is 2.78. The molecule has 0 fully saturated rings. The number of hydrogen-bond donors (Lipinski definition) is 2. The van der Waals surface area contributed by atoms with Gasteiger partial charge < -0.3 is 15.5 Å². The first-order valence-corrected chi connectivity index (χ1v) is 5.50. The summed E-state index contributed by atoms with van der Waals surface area (Å²) in [5.74, 6) is 0.799. The van der Waals surface area contributed by atoms with Crippen LogP contribution < -0.4 is 5.73 Å². The van der Waals surface area contributed by atoms with Crippen LogP contribution >= 0.6 is 0 Å². The molecule has 1 heterocycles. The molecular formula is C12H17N3O. The Labute approximate surface area is 94.8 Å². The largest absolute Gasteiger partial charge is 0.372 e. The average Bonchev–Trinajstić information content (AvgIpc) is 2.72. The van der Waals surface area contributed by atoms with E-state index < -0.39 is 0 Å². The highest BCUT2D eigenvalue weighted by Crippen LogP contribution is 2.18. The fourth-order valence-corrected chi connectivity index (χ4v) is 1.77. The molecular weight excluding hydrogens is 202 g/mol. The second-order valence-electron chi connectivity index (χ2n) is 3.79. The number of imidazole rings is 1. The van der Waals surface area contributed by atoms with Gasteiger partial charge in [0.15, 0.2) is 0 Å². The zero-order chi connectivity index (χ0) is 11.5. The quantitative estimate of drug-likeness (QED) is 0.823. The Morgan fingerprint density at radius 1 is 1.50 bits per heavy atom. The molecule has 1 unspecified atom stereocenters. The average molecular weight is 219 g/mol. The number of nitrogens with one attached hydrogen (secondary N) is 1. The summed E-state index contributed by atoms with van der Waals surface area (Å²) < 4.78 is 5.25. The van der Waals surface area contributed by atoms with Crippen LogP contribution in [-0.2, 0) is 11.2 Å². The number of rotatable bonds is 4. The molecule has 0 spiro atoms. The van der Waals surface area contributed by atoms with Crippen LogP contribution in [-0.4, -0.2) is 23.6 Å². The van der Waals surface area contributed by atoms with Crippen LogP contribution in [0.1, 0.15) is 24.4 Å². The summed E-state index contributed by atoms with van der Waals surface area (Å²) in [6, 6.07) is 6.24. The second kappa shape index (κ2) is 4.63. The zero-order valence-electron chi connectivity index (χ0n) is 9.66. The van der Waals surface area contributed by atoms with E-state index in [4.69, 9.17) is 10.5 Å². The lowest BCUT2D eigenvalue weighted by Crippen LogP contribution is -2.15. The molecule has 1 aromatic carbocycles. The van der Waals surface area contributed by atoms with Crippen molar-refractivity contribution in [1.82, 2.24) is 9.97 Å². The van der Waals surface area contributed by atoms with E-state index in [0.717, 1.165) is 23.3 Å². The SMILES string of the molecule is CCc1ccc2nc(C(CN)OC)[nH]c2c1. The van der Waals surface area contributed by atoms with E-state index in [1.54, 1.807) is 7.11 Å². The normalized spacial score (nSPS) is 13.2. The van der Waals surface area contributed by atoms with E-state index in [9.17, 15) is 0 Å². The fourth-order valence-electron chi connectivity index (χ4n) is 1.77. The van der Waals surface area contributed by atoms with Gasteiger partial charge in [-0.05, 0) is 24.1 Å². The van der Waals surface area contributed by atoms with Gasteiger partial charge in [0.2, 0.25) is 0 Å². The fraction of sp³-hybridized carbons (Fsp3) is 0.417. The van der Waals surface area contributed by atoms with Crippen LogP contribution in [0, 0.1) is 0 Å². The first kappa shape index (κ1) is 11.1. The maximum atomic E-state index is 5.61. The van der Waals surface area contributed by atoms with Gasteiger partial charge in [-0.25, -0.2) is 4.98 Å². The molecule has 0 aliphatic rings. The molecule has 1 aromatic heterocycles. The van der Waals surface area contributed by atoms with E-state index in [2.05, 4.69) is 29.0 Å². The van der Waals surface area contributed by atoms with E-state index in [1.807, 2.05) is 6.07 Å². The Bertz CT molecular complexity index is 474. The lowest BCUT2D eigenvalue weighted by molar-refractivity contribution is 0.104. The number of H-pyrrole nitrogens is 1. The number of nitrogens with zero attached hydrogens (tertiary/aromatic N) is 1. The Kier molecular flexibility index (Phi) is 3.22. The Morgan fingerprint density at radius 2 is 2.31 bits per heavy atom. The molecule has 2 aromatic rings. The smallest absolute Gasteiger partial charge is 0.137 e. The lowest BCUT2D eigenvalue weighted by atomic mass is 10.1. The molecule has 0 amide bonds. The number of nitrogens with two attached hydrogens (primary N) is 1. The summed E-state index contributed by atoms with van der Waals surface area (Å²) in [4.78, 5) is 7.73. The number of fused-ring (bicyclic) bond motifs is 1. The maximum Gasteiger partial charge on any atom is 0.137 e. The van der Waals surface area contributed by atoms with Gasteiger partial charge in [0.25, 0.3) is 0 Å². The predicted octanol–water partition coefficient (Wildman–Crippen LogP) is 1.77. The molecule has 0 saturated carbocycles. The molecule has 1 atom stereocenters. The van der Waals surface area contributed by atoms with Gasteiger partial charge in [0.1, 0.15) is 11.9 Å². The number of hydrogen-bond acceptors (Lipinski definition) is 3.